The SMILES string of the molecule is O=C1NC(=O)C([C@@H]2O[C@H](COP(=O)(O)n3ccnc3)[C@@H](O)[C@H]2O)C=C1F. The van der Waals surface area contributed by atoms with Crippen LogP contribution in [0.25, 0.3) is 0 Å². The molecule has 0 spiro atoms. The standard InChI is InChI=1S/C13H15FN3O8P/c14-7-3-6(12(20)16-13(7)21)11-10(19)9(18)8(25-11)4-24-26(22,23)17-2-1-15-5-17/h1-3,5-6,8-11,18-19H,4H2,(H,22,23)(H,16,20,21)/t6?,8-,9-,10-,11+/m1/s1. The van der Waals surface area contributed by atoms with Crippen molar-refractivity contribution in [1.82, 2.24) is 14.6 Å². The van der Waals surface area contributed by atoms with Gasteiger partial charge in [-0.25, -0.2) is 18.3 Å². The summed E-state index contributed by atoms with van der Waals surface area (Å²) in [5.74, 6) is -4.70. The molecule has 142 valence electrons. The number of hydrogen-bond donors (Lipinski definition) is 4. The first kappa shape index (κ1) is 18.8. The molecule has 0 radical (unpaired) electrons. The second kappa shape index (κ2) is 6.99. The molecule has 2 amide bonds. The van der Waals surface area contributed by atoms with E-state index in [1.807, 2.05) is 0 Å². The molecular weight excluding hydrogens is 376 g/mol. The second-order valence-corrected chi connectivity index (χ2v) is 7.41. The van der Waals surface area contributed by atoms with E-state index >= 15 is 0 Å². The van der Waals surface area contributed by atoms with Crippen molar-refractivity contribution in [3.63, 3.8) is 0 Å². The van der Waals surface area contributed by atoms with E-state index in [4.69, 9.17) is 9.26 Å². The topological polar surface area (TPSA) is 160 Å². The smallest absolute Gasteiger partial charge is 0.388 e. The van der Waals surface area contributed by atoms with Crippen LogP contribution in [-0.2, 0) is 23.4 Å². The number of amides is 2. The Bertz CT molecular complexity index is 784. The maximum Gasteiger partial charge on any atom is 0.437 e. The molecular formula is C13H15FN3O8P. The predicted molar refractivity (Wildman–Crippen MR) is 79.9 cm³/mol. The number of carbonyl (C=O) groups excluding carboxylic acids is 2. The summed E-state index contributed by atoms with van der Waals surface area (Å²) in [5, 5.41) is 21.9. The van der Waals surface area contributed by atoms with Crippen molar-refractivity contribution in [2.24, 2.45) is 5.92 Å². The van der Waals surface area contributed by atoms with Crippen LogP contribution in [0.1, 0.15) is 0 Å². The average molecular weight is 391 g/mol. The van der Waals surface area contributed by atoms with E-state index in [2.05, 4.69) is 4.98 Å². The van der Waals surface area contributed by atoms with Gasteiger partial charge in [0.25, 0.3) is 5.91 Å². The number of imide groups is 1. The number of nitrogens with one attached hydrogen (secondary N) is 1. The van der Waals surface area contributed by atoms with Gasteiger partial charge in [-0.15, -0.1) is 0 Å². The number of imidazole rings is 1. The van der Waals surface area contributed by atoms with Crippen molar-refractivity contribution in [2.75, 3.05) is 6.61 Å². The highest BCUT2D eigenvalue weighted by atomic mass is 31.2. The summed E-state index contributed by atoms with van der Waals surface area (Å²) >= 11 is 0. The van der Waals surface area contributed by atoms with Gasteiger partial charge in [0.2, 0.25) is 5.91 Å². The molecule has 0 saturated carbocycles. The van der Waals surface area contributed by atoms with Gasteiger partial charge < -0.3 is 19.8 Å². The molecule has 1 saturated heterocycles. The third kappa shape index (κ3) is 3.47. The lowest BCUT2D eigenvalue weighted by atomic mass is 9.93. The van der Waals surface area contributed by atoms with Crippen LogP contribution >= 0.6 is 7.75 Å². The fourth-order valence-corrected chi connectivity index (χ4v) is 3.55. The zero-order chi connectivity index (χ0) is 19.1. The molecule has 0 bridgehead atoms. The number of aliphatic hydroxyl groups excluding tert-OH is 2. The van der Waals surface area contributed by atoms with Gasteiger partial charge in [0.1, 0.15) is 30.7 Å². The van der Waals surface area contributed by atoms with Gasteiger partial charge >= 0.3 is 7.75 Å². The molecule has 11 nitrogen and oxygen atoms in total. The molecule has 26 heavy (non-hydrogen) atoms. The first-order valence-corrected chi connectivity index (χ1v) is 8.94. The van der Waals surface area contributed by atoms with Crippen LogP contribution in [0, 0.1) is 5.92 Å². The van der Waals surface area contributed by atoms with E-state index in [9.17, 15) is 33.7 Å². The number of aliphatic hydroxyl groups is 2. The highest BCUT2D eigenvalue weighted by molar-refractivity contribution is 7.51. The Labute approximate surface area is 145 Å². The number of hydrogen-bond acceptors (Lipinski definition) is 8. The molecule has 6 atom stereocenters. The van der Waals surface area contributed by atoms with Crippen LogP contribution in [0.15, 0.2) is 30.6 Å². The zero-order valence-corrected chi connectivity index (χ0v) is 13.9. The van der Waals surface area contributed by atoms with E-state index in [1.54, 1.807) is 5.32 Å². The van der Waals surface area contributed by atoms with Crippen molar-refractivity contribution in [3.8, 4) is 0 Å². The van der Waals surface area contributed by atoms with Gasteiger partial charge in [0, 0.05) is 12.4 Å². The molecule has 3 heterocycles. The minimum Gasteiger partial charge on any atom is -0.388 e. The van der Waals surface area contributed by atoms with Crippen molar-refractivity contribution in [3.05, 3.63) is 30.6 Å². The molecule has 2 unspecified atom stereocenters. The van der Waals surface area contributed by atoms with E-state index in [1.165, 1.54) is 12.4 Å². The Morgan fingerprint density at radius 2 is 2.12 bits per heavy atom. The molecule has 3 rings (SSSR count). The van der Waals surface area contributed by atoms with E-state index in [0.29, 0.717) is 6.08 Å². The number of halogens is 1. The van der Waals surface area contributed by atoms with Gasteiger partial charge in [-0.3, -0.25) is 19.4 Å². The number of nitrogens with zero attached hydrogens (tertiary/aromatic N) is 2. The summed E-state index contributed by atoms with van der Waals surface area (Å²) in [4.78, 5) is 36.3. The highest BCUT2D eigenvalue weighted by Gasteiger charge is 2.49. The normalized spacial score (nSPS) is 34.3. The van der Waals surface area contributed by atoms with Crippen molar-refractivity contribution in [1.29, 1.82) is 0 Å². The Hall–Kier alpha value is -1.95. The fraction of sp³-hybridized carbons (Fsp3) is 0.462. The fourth-order valence-electron chi connectivity index (χ4n) is 2.66. The van der Waals surface area contributed by atoms with Crippen molar-refractivity contribution in [2.45, 2.75) is 24.4 Å². The minimum absolute atomic E-state index is 0.597. The van der Waals surface area contributed by atoms with Gasteiger partial charge in [-0.1, -0.05) is 0 Å². The molecule has 4 N–H and O–H groups in total. The Morgan fingerprint density at radius 3 is 2.77 bits per heavy atom. The first-order valence-electron chi connectivity index (χ1n) is 7.41. The first-order chi connectivity index (χ1) is 12.2. The quantitative estimate of drug-likeness (QED) is 0.345. The number of aromatic nitrogens is 2. The van der Waals surface area contributed by atoms with Gasteiger partial charge in [-0.2, -0.15) is 0 Å². The van der Waals surface area contributed by atoms with Crippen LogP contribution in [-0.4, -0.2) is 67.3 Å². The summed E-state index contributed by atoms with van der Waals surface area (Å²) in [6.07, 6.45) is -1.61. The second-order valence-electron chi connectivity index (χ2n) is 5.71. The molecule has 1 aromatic heterocycles. The molecule has 0 aromatic carbocycles. The summed E-state index contributed by atoms with van der Waals surface area (Å²) in [7, 11) is -4.29. The number of carbonyl (C=O) groups is 2. The van der Waals surface area contributed by atoms with Crippen LogP contribution in [0.2, 0.25) is 0 Å². The number of rotatable bonds is 5. The monoisotopic (exact) mass is 391 g/mol. The summed E-state index contributed by atoms with van der Waals surface area (Å²) in [6.45, 7) is -0.597. The number of ether oxygens (including phenoxy) is 1. The lowest BCUT2D eigenvalue weighted by Crippen LogP contribution is -2.47. The lowest BCUT2D eigenvalue weighted by Gasteiger charge is -2.24. The predicted octanol–water partition coefficient (Wildman–Crippen LogP) is -1.54. The largest absolute Gasteiger partial charge is 0.437 e. The lowest BCUT2D eigenvalue weighted by molar-refractivity contribution is -0.137. The molecule has 2 aliphatic rings. The van der Waals surface area contributed by atoms with Crippen LogP contribution < -0.4 is 5.32 Å². The van der Waals surface area contributed by atoms with Crippen LogP contribution in [0.4, 0.5) is 4.39 Å². The summed E-state index contributed by atoms with van der Waals surface area (Å²) < 4.78 is 36.5. The van der Waals surface area contributed by atoms with Crippen LogP contribution in [0.5, 0.6) is 0 Å². The third-order valence-corrected chi connectivity index (χ3v) is 5.33. The molecule has 1 fully saturated rings. The molecule has 13 heteroatoms. The minimum atomic E-state index is -4.29. The molecule has 1 aromatic rings. The van der Waals surface area contributed by atoms with Crippen molar-refractivity contribution >= 4 is 19.6 Å². The van der Waals surface area contributed by atoms with E-state index < -0.39 is 62.3 Å². The van der Waals surface area contributed by atoms with Crippen LogP contribution in [0.3, 0.4) is 0 Å². The zero-order valence-electron chi connectivity index (χ0n) is 13.0. The van der Waals surface area contributed by atoms with Gasteiger partial charge in [0.15, 0.2) is 5.83 Å². The molecule has 2 aliphatic heterocycles. The molecule has 0 aliphatic carbocycles. The van der Waals surface area contributed by atoms with Gasteiger partial charge in [0.05, 0.1) is 12.5 Å². The summed E-state index contributed by atoms with van der Waals surface area (Å²) in [5.41, 5.74) is 0. The average Bonchev–Trinajstić information content (AvgIpc) is 3.21. The Kier molecular flexibility index (Phi) is 5.06. The third-order valence-electron chi connectivity index (χ3n) is 4.02. The maximum atomic E-state index is 13.4. The maximum absolute atomic E-state index is 13.4. The van der Waals surface area contributed by atoms with Gasteiger partial charge in [-0.05, 0) is 6.08 Å². The highest BCUT2D eigenvalue weighted by Crippen LogP contribution is 2.44. The van der Waals surface area contributed by atoms with E-state index in [-0.39, 0.29) is 0 Å². The summed E-state index contributed by atoms with van der Waals surface area (Å²) in [6, 6.07) is 0. The Morgan fingerprint density at radius 1 is 1.38 bits per heavy atom. The van der Waals surface area contributed by atoms with E-state index in [0.717, 1.165) is 10.7 Å². The Balaban J connectivity index is 1.69. The van der Waals surface area contributed by atoms with Crippen molar-refractivity contribution < 1.29 is 42.9 Å².